The Bertz CT molecular complexity index is 1150. The van der Waals surface area contributed by atoms with Crippen LogP contribution in [0.5, 0.6) is 5.75 Å². The molecule has 33 heavy (non-hydrogen) atoms. The van der Waals surface area contributed by atoms with Crippen molar-refractivity contribution in [3.63, 3.8) is 0 Å². The van der Waals surface area contributed by atoms with Gasteiger partial charge >= 0.3 is 5.97 Å². The van der Waals surface area contributed by atoms with Gasteiger partial charge in [-0.15, -0.1) is 16.8 Å². The Kier molecular flexibility index (Phi) is 8.13. The summed E-state index contributed by atoms with van der Waals surface area (Å²) in [5.74, 6) is -0.162. The van der Waals surface area contributed by atoms with E-state index in [2.05, 4.69) is 22.1 Å². The number of anilines is 1. The number of carboxylic acids is 1. The van der Waals surface area contributed by atoms with Crippen molar-refractivity contribution in [2.45, 2.75) is 36.9 Å². The van der Waals surface area contributed by atoms with Gasteiger partial charge in [0.1, 0.15) is 5.75 Å². The predicted octanol–water partition coefficient (Wildman–Crippen LogP) is 5.08. The van der Waals surface area contributed by atoms with E-state index in [1.807, 2.05) is 23.6 Å². The number of carbonyl (C=O) groups excluding carboxylic acids is 1. The van der Waals surface area contributed by atoms with Crippen LogP contribution in [0.15, 0.2) is 66.3 Å². The van der Waals surface area contributed by atoms with Crippen molar-refractivity contribution in [1.82, 2.24) is 14.8 Å². The summed E-state index contributed by atoms with van der Waals surface area (Å²) in [6.07, 6.45) is 1.28. The van der Waals surface area contributed by atoms with Gasteiger partial charge in [-0.25, -0.2) is 4.79 Å². The number of aromatic nitrogens is 3. The van der Waals surface area contributed by atoms with E-state index in [4.69, 9.17) is 21.4 Å². The molecule has 3 aromatic rings. The third kappa shape index (κ3) is 6.15. The molecule has 0 bridgehead atoms. The maximum absolute atomic E-state index is 12.7. The largest absolute Gasteiger partial charge is 0.481 e. The van der Waals surface area contributed by atoms with Gasteiger partial charge in [0.2, 0.25) is 5.91 Å². The molecule has 1 heterocycles. The quantitative estimate of drug-likeness (QED) is 0.304. The predicted molar refractivity (Wildman–Crippen MR) is 128 cm³/mol. The van der Waals surface area contributed by atoms with Crippen molar-refractivity contribution >= 4 is 40.9 Å². The fourth-order valence-corrected chi connectivity index (χ4v) is 3.97. The number of para-hydroxylation sites is 1. The summed E-state index contributed by atoms with van der Waals surface area (Å²) in [6, 6.07) is 13.1. The number of rotatable bonds is 10. The zero-order chi connectivity index (χ0) is 24.0. The second kappa shape index (κ2) is 11.0. The molecule has 2 aromatic carbocycles. The number of amides is 1. The van der Waals surface area contributed by atoms with E-state index in [1.165, 1.54) is 23.9 Å². The Hall–Kier alpha value is -3.30. The summed E-state index contributed by atoms with van der Waals surface area (Å²) in [7, 11) is 0. The Morgan fingerprint density at radius 1 is 1.21 bits per heavy atom. The molecule has 0 aliphatic rings. The molecule has 10 heteroatoms. The van der Waals surface area contributed by atoms with E-state index in [0.717, 1.165) is 0 Å². The van der Waals surface area contributed by atoms with Crippen LogP contribution in [0, 0.1) is 0 Å². The highest BCUT2D eigenvalue weighted by Crippen LogP contribution is 2.30. The van der Waals surface area contributed by atoms with Crippen LogP contribution in [0.2, 0.25) is 5.02 Å². The zero-order valence-electron chi connectivity index (χ0n) is 18.1. The minimum atomic E-state index is -1.03. The van der Waals surface area contributed by atoms with Gasteiger partial charge in [0.05, 0.1) is 15.8 Å². The lowest BCUT2D eigenvalue weighted by molar-refractivity contribution is -0.115. The minimum absolute atomic E-state index is 0.147. The number of ether oxygens (including phenoxy) is 1. The van der Waals surface area contributed by atoms with E-state index in [1.54, 1.807) is 37.3 Å². The summed E-state index contributed by atoms with van der Waals surface area (Å²) >= 11 is 7.44. The van der Waals surface area contributed by atoms with E-state index in [0.29, 0.717) is 34.0 Å². The molecule has 0 spiro atoms. The van der Waals surface area contributed by atoms with E-state index in [-0.39, 0.29) is 11.5 Å². The number of hydrogen-bond acceptors (Lipinski definition) is 6. The van der Waals surface area contributed by atoms with E-state index in [9.17, 15) is 9.59 Å². The first-order valence-electron chi connectivity index (χ1n) is 10.1. The molecule has 0 fully saturated rings. The molecular weight excluding hydrogens is 464 g/mol. The molecule has 172 valence electrons. The molecule has 2 N–H and O–H groups in total. The highest BCUT2D eigenvalue weighted by Gasteiger charge is 2.23. The van der Waals surface area contributed by atoms with Crippen LogP contribution in [0.3, 0.4) is 0 Å². The van der Waals surface area contributed by atoms with Gasteiger partial charge in [-0.2, -0.15) is 0 Å². The first-order valence-corrected chi connectivity index (χ1v) is 11.3. The summed E-state index contributed by atoms with van der Waals surface area (Å²) in [6.45, 7) is 7.83. The maximum atomic E-state index is 12.7. The SMILES string of the molecule is C=CCn1c(SC(C)C(=O)Nc2ccc(C(=O)O)cc2)nnc1C(C)Oc1ccccc1Cl. The second-order valence-corrected chi connectivity index (χ2v) is 8.78. The van der Waals surface area contributed by atoms with Gasteiger partial charge in [-0.05, 0) is 50.2 Å². The Labute approximate surface area is 200 Å². The highest BCUT2D eigenvalue weighted by atomic mass is 35.5. The number of hydrogen-bond donors (Lipinski definition) is 2. The standard InChI is InChI=1S/C23H23ClN4O4S/c1-4-13-28-20(14(2)32-19-8-6-5-7-18(19)24)26-27-23(28)33-15(3)21(29)25-17-11-9-16(10-12-17)22(30)31/h4-12,14-15H,1,13H2,2-3H3,(H,25,29)(H,30,31). The number of thioether (sulfide) groups is 1. The lowest BCUT2D eigenvalue weighted by Gasteiger charge is -2.17. The van der Waals surface area contributed by atoms with Gasteiger partial charge < -0.3 is 15.2 Å². The van der Waals surface area contributed by atoms with Crippen molar-refractivity contribution in [2.75, 3.05) is 5.32 Å². The monoisotopic (exact) mass is 486 g/mol. The summed E-state index contributed by atoms with van der Waals surface area (Å²) in [5.41, 5.74) is 0.654. The first kappa shape index (κ1) is 24.3. The summed E-state index contributed by atoms with van der Waals surface area (Å²) in [4.78, 5) is 23.6. The molecular formula is C23H23ClN4O4S. The smallest absolute Gasteiger partial charge is 0.335 e. The highest BCUT2D eigenvalue weighted by molar-refractivity contribution is 8.00. The molecule has 0 saturated carbocycles. The maximum Gasteiger partial charge on any atom is 0.335 e. The molecule has 0 aliphatic carbocycles. The number of aromatic carboxylic acids is 1. The third-order valence-electron chi connectivity index (χ3n) is 4.61. The van der Waals surface area contributed by atoms with Crippen molar-refractivity contribution < 1.29 is 19.4 Å². The van der Waals surface area contributed by atoms with Crippen LogP contribution in [0.4, 0.5) is 5.69 Å². The first-order chi connectivity index (χ1) is 15.8. The van der Waals surface area contributed by atoms with Crippen LogP contribution in [0.25, 0.3) is 0 Å². The van der Waals surface area contributed by atoms with Crippen LogP contribution in [-0.4, -0.2) is 37.0 Å². The fraction of sp³-hybridized carbons (Fsp3) is 0.217. The lowest BCUT2D eigenvalue weighted by Crippen LogP contribution is -2.23. The van der Waals surface area contributed by atoms with Gasteiger partial charge in [-0.1, -0.05) is 41.6 Å². The fourth-order valence-electron chi connectivity index (χ4n) is 2.92. The number of nitrogens with zero attached hydrogens (tertiary/aromatic N) is 3. The molecule has 1 aromatic heterocycles. The number of halogens is 1. The Morgan fingerprint density at radius 3 is 2.55 bits per heavy atom. The van der Waals surface area contributed by atoms with Crippen LogP contribution in [-0.2, 0) is 11.3 Å². The third-order valence-corrected chi connectivity index (χ3v) is 6.00. The number of allylic oxidation sites excluding steroid dienone is 1. The van der Waals surface area contributed by atoms with Crippen LogP contribution >= 0.6 is 23.4 Å². The van der Waals surface area contributed by atoms with Crippen molar-refractivity contribution in [1.29, 1.82) is 0 Å². The number of carboxylic acid groups (broad SMARTS) is 1. The molecule has 0 aliphatic heterocycles. The van der Waals surface area contributed by atoms with Crippen LogP contribution in [0.1, 0.15) is 36.1 Å². The molecule has 0 radical (unpaired) electrons. The zero-order valence-corrected chi connectivity index (χ0v) is 19.6. The molecule has 0 saturated heterocycles. The summed E-state index contributed by atoms with van der Waals surface area (Å²) < 4.78 is 7.81. The topological polar surface area (TPSA) is 106 Å². The minimum Gasteiger partial charge on any atom is -0.481 e. The van der Waals surface area contributed by atoms with E-state index < -0.39 is 17.3 Å². The van der Waals surface area contributed by atoms with Crippen molar-refractivity contribution in [3.05, 3.63) is 77.6 Å². The molecule has 1 amide bonds. The average molecular weight is 487 g/mol. The molecule has 8 nitrogen and oxygen atoms in total. The normalized spacial score (nSPS) is 12.6. The van der Waals surface area contributed by atoms with Gasteiger partial charge in [0, 0.05) is 12.2 Å². The van der Waals surface area contributed by atoms with Crippen molar-refractivity contribution in [3.8, 4) is 5.75 Å². The average Bonchev–Trinajstić information content (AvgIpc) is 3.18. The number of nitrogens with one attached hydrogen (secondary N) is 1. The Morgan fingerprint density at radius 2 is 1.91 bits per heavy atom. The van der Waals surface area contributed by atoms with Crippen LogP contribution < -0.4 is 10.1 Å². The molecule has 2 unspecified atom stereocenters. The van der Waals surface area contributed by atoms with Crippen molar-refractivity contribution in [2.24, 2.45) is 0 Å². The van der Waals surface area contributed by atoms with Gasteiger partial charge in [-0.3, -0.25) is 9.36 Å². The van der Waals surface area contributed by atoms with Gasteiger partial charge in [0.25, 0.3) is 0 Å². The number of benzene rings is 2. The molecule has 2 atom stereocenters. The molecule has 3 rings (SSSR count). The lowest BCUT2D eigenvalue weighted by atomic mass is 10.2. The van der Waals surface area contributed by atoms with E-state index >= 15 is 0 Å². The Balaban J connectivity index is 1.71. The van der Waals surface area contributed by atoms with Gasteiger partial charge in [0.15, 0.2) is 17.1 Å². The second-order valence-electron chi connectivity index (χ2n) is 7.06. The summed E-state index contributed by atoms with van der Waals surface area (Å²) in [5, 5.41) is 20.8. The number of carbonyl (C=O) groups is 2.